The van der Waals surface area contributed by atoms with Gasteiger partial charge in [-0.25, -0.2) is 0 Å². The second kappa shape index (κ2) is 14.8. The fourth-order valence-corrected chi connectivity index (χ4v) is 4.23. The minimum Gasteiger partial charge on any atom is -0.466 e. The number of ether oxygens (including phenoxy) is 1. The minimum atomic E-state index is -0.270. The molecule has 0 aromatic carbocycles. The Hall–Kier alpha value is -1.16. The Balaban J connectivity index is 2.32. The summed E-state index contributed by atoms with van der Waals surface area (Å²) in [6.45, 7) is 8.91. The van der Waals surface area contributed by atoms with Gasteiger partial charge in [0.1, 0.15) is 5.78 Å². The van der Waals surface area contributed by atoms with Crippen molar-refractivity contribution in [2.24, 2.45) is 11.3 Å². The predicted octanol–water partition coefficient (Wildman–Crippen LogP) is 6.54. The van der Waals surface area contributed by atoms with Crippen LogP contribution in [0.25, 0.3) is 0 Å². The highest BCUT2D eigenvalue weighted by molar-refractivity contribution is 5.85. The molecule has 0 saturated heterocycles. The third-order valence-electron chi connectivity index (χ3n) is 6.54. The summed E-state index contributed by atoms with van der Waals surface area (Å²) in [7, 11) is 0. The molecule has 30 heavy (non-hydrogen) atoms. The van der Waals surface area contributed by atoms with Gasteiger partial charge in [-0.3, -0.25) is 9.59 Å². The molecule has 0 aliphatic heterocycles. The van der Waals surface area contributed by atoms with E-state index in [0.29, 0.717) is 25.2 Å². The number of carbonyl (C=O) groups is 2. The number of aliphatic hydroxyl groups is 1. The Kier molecular flexibility index (Phi) is 13.2. The van der Waals surface area contributed by atoms with Gasteiger partial charge in [-0.15, -0.1) is 0 Å². The zero-order valence-corrected chi connectivity index (χ0v) is 20.0. The lowest BCUT2D eigenvalue weighted by molar-refractivity contribution is -0.143. The van der Waals surface area contributed by atoms with Crippen molar-refractivity contribution in [2.45, 2.75) is 124 Å². The Morgan fingerprint density at radius 1 is 1.07 bits per heavy atom. The lowest BCUT2D eigenvalue weighted by atomic mass is 9.81. The molecule has 1 fully saturated rings. The van der Waals surface area contributed by atoms with Crippen molar-refractivity contribution in [2.75, 3.05) is 6.61 Å². The summed E-state index contributed by atoms with van der Waals surface area (Å²) in [5, 5.41) is 10.4. The average molecular weight is 423 g/mol. The molecule has 1 N–H and O–H groups in total. The number of unbranched alkanes of at least 4 members (excludes halogenated alkanes) is 5. The predicted molar refractivity (Wildman–Crippen MR) is 123 cm³/mol. The van der Waals surface area contributed by atoms with Crippen LogP contribution in [0.5, 0.6) is 0 Å². The van der Waals surface area contributed by atoms with Gasteiger partial charge < -0.3 is 9.84 Å². The topological polar surface area (TPSA) is 63.6 Å². The Morgan fingerprint density at radius 2 is 1.77 bits per heavy atom. The van der Waals surface area contributed by atoms with Crippen LogP contribution in [0, 0.1) is 11.3 Å². The van der Waals surface area contributed by atoms with Gasteiger partial charge in [0.2, 0.25) is 0 Å². The standard InChI is InChI=1S/C26H46O4/c1-5-7-19-26(3,4)24(28)18-16-21-15-17-23(27)22(21)13-11-9-10-12-14-25(29)30-20-8-6-2/h16,22-23,27H,5-15,17-20H2,1-4H3/t22-,23-/m1/s1. The van der Waals surface area contributed by atoms with E-state index in [2.05, 4.69) is 33.8 Å². The maximum Gasteiger partial charge on any atom is 0.305 e. The number of esters is 1. The van der Waals surface area contributed by atoms with Crippen molar-refractivity contribution >= 4 is 11.8 Å². The lowest BCUT2D eigenvalue weighted by Crippen LogP contribution is -2.23. The molecule has 0 spiro atoms. The van der Waals surface area contributed by atoms with Crippen LogP contribution in [0.15, 0.2) is 11.6 Å². The first-order valence-corrected chi connectivity index (χ1v) is 12.4. The second-order valence-electron chi connectivity index (χ2n) is 9.63. The van der Waals surface area contributed by atoms with Gasteiger partial charge in [-0.2, -0.15) is 0 Å². The van der Waals surface area contributed by atoms with E-state index in [9.17, 15) is 14.7 Å². The highest BCUT2D eigenvalue weighted by atomic mass is 16.5. The van der Waals surface area contributed by atoms with Crippen LogP contribution < -0.4 is 0 Å². The third kappa shape index (κ3) is 10.2. The van der Waals surface area contributed by atoms with Crippen molar-refractivity contribution in [3.8, 4) is 0 Å². The first kappa shape index (κ1) is 26.9. The van der Waals surface area contributed by atoms with E-state index in [1.54, 1.807) is 0 Å². The van der Waals surface area contributed by atoms with Gasteiger partial charge in [0.05, 0.1) is 12.7 Å². The first-order valence-electron chi connectivity index (χ1n) is 12.4. The normalized spacial score (nSPS) is 20.6. The molecule has 0 bridgehead atoms. The maximum atomic E-state index is 12.6. The highest BCUT2D eigenvalue weighted by Crippen LogP contribution is 2.36. The van der Waals surface area contributed by atoms with E-state index in [1.807, 2.05) is 0 Å². The highest BCUT2D eigenvalue weighted by Gasteiger charge is 2.30. The third-order valence-corrected chi connectivity index (χ3v) is 6.54. The monoisotopic (exact) mass is 422 g/mol. The molecule has 0 radical (unpaired) electrons. The molecule has 4 nitrogen and oxygen atoms in total. The van der Waals surface area contributed by atoms with E-state index in [1.165, 1.54) is 5.57 Å². The SMILES string of the molecule is CCCCOC(=O)CCCCCC[C@@H]1C(=CCC(=O)C(C)(C)CCCC)CC[C@H]1O. The van der Waals surface area contributed by atoms with Crippen molar-refractivity contribution < 1.29 is 19.4 Å². The molecule has 1 saturated carbocycles. The summed E-state index contributed by atoms with van der Waals surface area (Å²) in [4.78, 5) is 24.3. The van der Waals surface area contributed by atoms with Crippen molar-refractivity contribution in [3.05, 3.63) is 11.6 Å². The molecule has 1 aliphatic carbocycles. The molecular weight excluding hydrogens is 376 g/mol. The molecule has 0 amide bonds. The van der Waals surface area contributed by atoms with E-state index in [0.717, 1.165) is 77.0 Å². The fraction of sp³-hybridized carbons (Fsp3) is 0.846. The number of Topliss-reactive ketones (excluding diaryl/α,β-unsaturated/α-hetero) is 1. The van der Waals surface area contributed by atoms with Crippen LogP contribution in [-0.4, -0.2) is 29.6 Å². The second-order valence-corrected chi connectivity index (χ2v) is 9.63. The van der Waals surface area contributed by atoms with Crippen LogP contribution in [0.1, 0.15) is 118 Å². The number of ketones is 1. The van der Waals surface area contributed by atoms with Crippen LogP contribution in [0.3, 0.4) is 0 Å². The molecule has 1 aliphatic rings. The molecule has 4 heteroatoms. The molecule has 0 unspecified atom stereocenters. The quantitative estimate of drug-likeness (QED) is 0.174. The molecule has 0 aromatic heterocycles. The van der Waals surface area contributed by atoms with Crippen LogP contribution in [-0.2, 0) is 14.3 Å². The van der Waals surface area contributed by atoms with Gasteiger partial charge in [-0.05, 0) is 38.5 Å². The van der Waals surface area contributed by atoms with Crippen molar-refractivity contribution in [1.82, 2.24) is 0 Å². The summed E-state index contributed by atoms with van der Waals surface area (Å²) in [6, 6.07) is 0. The minimum absolute atomic E-state index is 0.0774. The van der Waals surface area contributed by atoms with E-state index < -0.39 is 0 Å². The number of rotatable bonds is 16. The average Bonchev–Trinajstić information content (AvgIpc) is 3.06. The van der Waals surface area contributed by atoms with Crippen LogP contribution in [0.4, 0.5) is 0 Å². The smallest absolute Gasteiger partial charge is 0.305 e. The molecule has 174 valence electrons. The Bertz CT molecular complexity index is 535. The number of carbonyl (C=O) groups excluding carboxylic acids is 2. The van der Waals surface area contributed by atoms with Gasteiger partial charge in [-0.1, -0.05) is 77.9 Å². The summed E-state index contributed by atoms with van der Waals surface area (Å²) in [5.41, 5.74) is 1.03. The largest absolute Gasteiger partial charge is 0.466 e. The fourth-order valence-electron chi connectivity index (χ4n) is 4.23. The number of allylic oxidation sites excluding steroid dienone is 1. The molecule has 2 atom stereocenters. The van der Waals surface area contributed by atoms with Crippen molar-refractivity contribution in [3.63, 3.8) is 0 Å². The van der Waals surface area contributed by atoms with Gasteiger partial charge in [0.25, 0.3) is 0 Å². The molecule has 0 heterocycles. The van der Waals surface area contributed by atoms with Gasteiger partial charge in [0, 0.05) is 24.2 Å². The molecule has 1 rings (SSSR count). The zero-order chi connectivity index (χ0) is 22.4. The summed E-state index contributed by atoms with van der Waals surface area (Å²) >= 11 is 0. The molecule has 0 aromatic rings. The van der Waals surface area contributed by atoms with Crippen molar-refractivity contribution in [1.29, 1.82) is 0 Å². The van der Waals surface area contributed by atoms with Gasteiger partial charge >= 0.3 is 5.97 Å². The Labute approximate surface area is 184 Å². The summed E-state index contributed by atoms with van der Waals surface area (Å²) in [6.07, 6.45) is 14.7. The van der Waals surface area contributed by atoms with E-state index in [4.69, 9.17) is 4.74 Å². The number of aliphatic hydroxyl groups excluding tert-OH is 1. The lowest BCUT2D eigenvalue weighted by Gasteiger charge is -2.22. The summed E-state index contributed by atoms with van der Waals surface area (Å²) < 4.78 is 5.18. The van der Waals surface area contributed by atoms with E-state index >= 15 is 0 Å². The summed E-state index contributed by atoms with van der Waals surface area (Å²) in [5.74, 6) is 0.441. The first-order chi connectivity index (χ1) is 14.3. The van der Waals surface area contributed by atoms with Crippen LogP contribution >= 0.6 is 0 Å². The number of hydrogen-bond acceptors (Lipinski definition) is 4. The van der Waals surface area contributed by atoms with Gasteiger partial charge in [0.15, 0.2) is 0 Å². The zero-order valence-electron chi connectivity index (χ0n) is 20.0. The van der Waals surface area contributed by atoms with E-state index in [-0.39, 0.29) is 23.4 Å². The Morgan fingerprint density at radius 3 is 2.47 bits per heavy atom. The molecular formula is C26H46O4. The van der Waals surface area contributed by atoms with Crippen LogP contribution in [0.2, 0.25) is 0 Å². The number of hydrogen-bond donors (Lipinski definition) is 1. The maximum absolute atomic E-state index is 12.6.